The molecule has 2 aliphatic heterocycles. The van der Waals surface area contributed by atoms with Crippen molar-refractivity contribution in [3.05, 3.63) is 119 Å². The zero-order valence-electron chi connectivity index (χ0n) is 28.5. The largest absolute Gasteiger partial charge is 0.491 e. The van der Waals surface area contributed by atoms with Crippen LogP contribution in [0.25, 0.3) is 0 Å². The van der Waals surface area contributed by atoms with Gasteiger partial charge < -0.3 is 37.9 Å². The van der Waals surface area contributed by atoms with E-state index in [1.165, 1.54) is 0 Å². The normalized spacial score (nSPS) is 16.8. The van der Waals surface area contributed by atoms with E-state index in [9.17, 15) is 0 Å². The minimum absolute atomic E-state index is 0.110. The average molecular weight is 675 g/mol. The van der Waals surface area contributed by atoms with Gasteiger partial charge in [0.1, 0.15) is 60.6 Å². The predicted molar refractivity (Wildman–Crippen MR) is 190 cm³/mol. The standard InChI is InChI=1S/C42H42O8/c1-31(49-39-19-11-35(12-20-39)5-3-33-7-15-37(16-8-33)45-27-41-29-47-41)25-43-23-24-44-26-32(2)50-40-21-13-36(14-22-40)6-4-34-9-17-38(18-10-34)46-28-42-30-48-42/h7-22,31-32,41-42H,23-30H2,1-2H3. The van der Waals surface area contributed by atoms with Crippen LogP contribution in [0.15, 0.2) is 97.1 Å². The maximum Gasteiger partial charge on any atom is 0.119 e. The first-order valence-corrected chi connectivity index (χ1v) is 17.0. The summed E-state index contributed by atoms with van der Waals surface area (Å²) in [5, 5.41) is 0. The monoisotopic (exact) mass is 674 g/mol. The van der Waals surface area contributed by atoms with E-state index in [0.29, 0.717) is 39.6 Å². The van der Waals surface area contributed by atoms with E-state index in [1.807, 2.05) is 111 Å². The third kappa shape index (κ3) is 12.5. The summed E-state index contributed by atoms with van der Waals surface area (Å²) < 4.78 is 45.2. The first-order chi connectivity index (χ1) is 24.5. The molecule has 0 aromatic heterocycles. The molecule has 4 aromatic carbocycles. The third-order valence-corrected chi connectivity index (χ3v) is 7.55. The molecule has 0 spiro atoms. The molecule has 0 radical (unpaired) electrons. The summed E-state index contributed by atoms with van der Waals surface area (Å²) in [6.07, 6.45) is 0.266. The van der Waals surface area contributed by atoms with Gasteiger partial charge in [-0.05, 0) is 111 Å². The van der Waals surface area contributed by atoms with E-state index in [2.05, 4.69) is 23.7 Å². The molecular formula is C42H42O8. The first kappa shape index (κ1) is 34.9. The Hall–Kier alpha value is -4.96. The lowest BCUT2D eigenvalue weighted by atomic mass is 10.1. The lowest BCUT2D eigenvalue weighted by Gasteiger charge is -2.16. The topological polar surface area (TPSA) is 80.4 Å². The number of benzene rings is 4. The fourth-order valence-corrected chi connectivity index (χ4v) is 4.65. The van der Waals surface area contributed by atoms with Crippen molar-refractivity contribution < 1.29 is 37.9 Å². The Kier molecular flexibility index (Phi) is 12.7. The molecule has 6 rings (SSSR count). The van der Waals surface area contributed by atoms with Crippen molar-refractivity contribution in [2.45, 2.75) is 38.3 Å². The van der Waals surface area contributed by atoms with E-state index in [1.54, 1.807) is 0 Å². The SMILES string of the molecule is CC(COCCOCC(C)Oc1ccc(C#Cc2ccc(OCC3CO3)cc2)cc1)Oc1ccc(C#Cc2ccc(OCC3CO3)cc2)cc1. The summed E-state index contributed by atoms with van der Waals surface area (Å²) >= 11 is 0. The van der Waals surface area contributed by atoms with Crippen molar-refractivity contribution in [2.75, 3.05) is 52.9 Å². The fourth-order valence-electron chi connectivity index (χ4n) is 4.65. The van der Waals surface area contributed by atoms with Crippen LogP contribution in [0.3, 0.4) is 0 Å². The minimum atomic E-state index is -0.110. The van der Waals surface area contributed by atoms with E-state index in [4.69, 9.17) is 37.9 Å². The molecule has 0 N–H and O–H groups in total. The Balaban J connectivity index is 0.813. The van der Waals surface area contributed by atoms with Crippen molar-refractivity contribution >= 4 is 0 Å². The van der Waals surface area contributed by atoms with Crippen molar-refractivity contribution in [3.63, 3.8) is 0 Å². The van der Waals surface area contributed by atoms with E-state index in [-0.39, 0.29) is 24.4 Å². The quantitative estimate of drug-likeness (QED) is 0.0733. The Morgan fingerprint density at radius 2 is 0.800 bits per heavy atom. The molecule has 8 heteroatoms. The zero-order valence-corrected chi connectivity index (χ0v) is 28.5. The molecule has 2 fully saturated rings. The molecule has 4 atom stereocenters. The Bertz CT molecular complexity index is 1610. The highest BCUT2D eigenvalue weighted by atomic mass is 16.6. The fraction of sp³-hybridized carbons (Fsp3) is 0.333. The molecule has 2 saturated heterocycles. The number of hydrogen-bond acceptors (Lipinski definition) is 8. The van der Waals surface area contributed by atoms with Gasteiger partial charge in [-0.1, -0.05) is 23.7 Å². The molecule has 0 bridgehead atoms. The summed E-state index contributed by atoms with van der Waals surface area (Å²) in [5.74, 6) is 15.9. The van der Waals surface area contributed by atoms with Crippen LogP contribution in [0.4, 0.5) is 0 Å². The third-order valence-electron chi connectivity index (χ3n) is 7.55. The molecule has 0 amide bonds. The van der Waals surface area contributed by atoms with Crippen LogP contribution in [0, 0.1) is 23.7 Å². The second kappa shape index (κ2) is 18.2. The summed E-state index contributed by atoms with van der Waals surface area (Å²) in [5.41, 5.74) is 3.67. The average Bonchev–Trinajstić information content (AvgIpc) is 4.08. The first-order valence-electron chi connectivity index (χ1n) is 17.0. The molecular weight excluding hydrogens is 632 g/mol. The Morgan fingerprint density at radius 1 is 0.500 bits per heavy atom. The van der Waals surface area contributed by atoms with Gasteiger partial charge in [0, 0.05) is 22.3 Å². The van der Waals surface area contributed by atoms with Gasteiger partial charge in [-0.25, -0.2) is 0 Å². The highest BCUT2D eigenvalue weighted by molar-refractivity contribution is 5.46. The number of ether oxygens (including phenoxy) is 8. The van der Waals surface area contributed by atoms with Crippen LogP contribution in [0.1, 0.15) is 36.1 Å². The van der Waals surface area contributed by atoms with Gasteiger partial charge >= 0.3 is 0 Å². The van der Waals surface area contributed by atoms with Crippen LogP contribution < -0.4 is 18.9 Å². The summed E-state index contributed by atoms with van der Waals surface area (Å²) in [6.45, 7) is 8.56. The molecule has 4 unspecified atom stereocenters. The van der Waals surface area contributed by atoms with Gasteiger partial charge in [0.25, 0.3) is 0 Å². The highest BCUT2D eigenvalue weighted by Gasteiger charge is 2.23. The number of hydrogen-bond donors (Lipinski definition) is 0. The molecule has 8 nitrogen and oxygen atoms in total. The van der Waals surface area contributed by atoms with Gasteiger partial charge in [0.15, 0.2) is 0 Å². The molecule has 258 valence electrons. The second-order valence-electron chi connectivity index (χ2n) is 12.1. The van der Waals surface area contributed by atoms with Gasteiger partial charge in [0.2, 0.25) is 0 Å². The lowest BCUT2D eigenvalue weighted by molar-refractivity contribution is -0.00159. The molecule has 2 heterocycles. The van der Waals surface area contributed by atoms with E-state index in [0.717, 1.165) is 58.5 Å². The summed E-state index contributed by atoms with van der Waals surface area (Å²) in [4.78, 5) is 0. The van der Waals surface area contributed by atoms with Crippen molar-refractivity contribution in [2.24, 2.45) is 0 Å². The molecule has 0 aliphatic carbocycles. The maximum atomic E-state index is 5.99. The summed E-state index contributed by atoms with van der Waals surface area (Å²) in [6, 6.07) is 31.0. The summed E-state index contributed by atoms with van der Waals surface area (Å²) in [7, 11) is 0. The highest BCUT2D eigenvalue weighted by Crippen LogP contribution is 2.18. The van der Waals surface area contributed by atoms with E-state index < -0.39 is 0 Å². The zero-order chi connectivity index (χ0) is 34.4. The van der Waals surface area contributed by atoms with Gasteiger partial charge in [-0.3, -0.25) is 0 Å². The smallest absolute Gasteiger partial charge is 0.119 e. The van der Waals surface area contributed by atoms with Crippen LogP contribution in [0.5, 0.6) is 23.0 Å². The van der Waals surface area contributed by atoms with Crippen LogP contribution in [-0.2, 0) is 18.9 Å². The second-order valence-corrected chi connectivity index (χ2v) is 12.1. The minimum Gasteiger partial charge on any atom is -0.491 e. The predicted octanol–water partition coefficient (Wildman–Crippen LogP) is 6.31. The van der Waals surface area contributed by atoms with Crippen LogP contribution in [-0.4, -0.2) is 77.3 Å². The van der Waals surface area contributed by atoms with Gasteiger partial charge in [-0.15, -0.1) is 0 Å². The van der Waals surface area contributed by atoms with Crippen molar-refractivity contribution in [1.29, 1.82) is 0 Å². The van der Waals surface area contributed by atoms with Crippen molar-refractivity contribution in [3.8, 4) is 46.7 Å². The number of rotatable bonds is 17. The van der Waals surface area contributed by atoms with Crippen LogP contribution in [0.2, 0.25) is 0 Å². The Morgan fingerprint density at radius 3 is 1.10 bits per heavy atom. The Labute approximate surface area is 294 Å². The number of epoxide rings is 2. The molecule has 2 aliphatic rings. The molecule has 4 aromatic rings. The van der Waals surface area contributed by atoms with Gasteiger partial charge in [0.05, 0.1) is 39.6 Å². The van der Waals surface area contributed by atoms with Crippen LogP contribution >= 0.6 is 0 Å². The van der Waals surface area contributed by atoms with Crippen molar-refractivity contribution in [1.82, 2.24) is 0 Å². The lowest BCUT2D eigenvalue weighted by Crippen LogP contribution is -2.23. The van der Waals surface area contributed by atoms with Gasteiger partial charge in [-0.2, -0.15) is 0 Å². The molecule has 0 saturated carbocycles. The van der Waals surface area contributed by atoms with E-state index >= 15 is 0 Å². The maximum absolute atomic E-state index is 5.99. The molecule has 50 heavy (non-hydrogen) atoms.